The highest BCUT2D eigenvalue weighted by Crippen LogP contribution is 2.39. The number of aliphatic carboxylic acids is 1. The van der Waals surface area contributed by atoms with Gasteiger partial charge in [-0.15, -0.1) is 11.3 Å². The topological polar surface area (TPSA) is 86.3 Å². The zero-order chi connectivity index (χ0) is 19.1. The van der Waals surface area contributed by atoms with Crippen LogP contribution in [0, 0.1) is 5.92 Å². The van der Waals surface area contributed by atoms with Gasteiger partial charge in [-0.25, -0.2) is 9.78 Å². The third-order valence-electron chi connectivity index (χ3n) is 4.58. The van der Waals surface area contributed by atoms with Crippen molar-refractivity contribution < 1.29 is 23.1 Å². The number of fused-ring (bicyclic) bond motifs is 4. The molecule has 0 saturated carbocycles. The number of carboxylic acids is 1. The third-order valence-corrected chi connectivity index (χ3v) is 6.20. The standard InChI is InChI=1S/C13H14BrN3OS.C2HF3O2/c14-10-6-8-11(19-10)13(18)16-12(15-8)9-5-7-1-3-17(9)4-2-7;3-2(4,5)1(6)7/h6-7,9H,1-5H2,(H,15,16,18);(H,6,7)/t9-;/m0./s1. The summed E-state index contributed by atoms with van der Waals surface area (Å²) >= 11 is 4.87. The highest BCUT2D eigenvalue weighted by Gasteiger charge is 2.38. The van der Waals surface area contributed by atoms with Gasteiger partial charge in [-0.05, 0) is 60.3 Å². The summed E-state index contributed by atoms with van der Waals surface area (Å²) < 4.78 is 33.4. The van der Waals surface area contributed by atoms with Crippen LogP contribution in [0.5, 0.6) is 0 Å². The molecule has 0 spiro atoms. The van der Waals surface area contributed by atoms with Crippen LogP contribution in [0.25, 0.3) is 10.2 Å². The highest BCUT2D eigenvalue weighted by molar-refractivity contribution is 9.11. The molecule has 3 fully saturated rings. The molecule has 0 aromatic carbocycles. The van der Waals surface area contributed by atoms with Gasteiger partial charge in [0.05, 0.1) is 15.3 Å². The Bertz CT molecular complexity index is 874. The number of nitrogens with one attached hydrogen (secondary N) is 1. The number of aromatic amines is 1. The Morgan fingerprint density at radius 3 is 2.50 bits per heavy atom. The number of hydrogen-bond donors (Lipinski definition) is 2. The Balaban J connectivity index is 0.000000242. The highest BCUT2D eigenvalue weighted by atomic mass is 79.9. The summed E-state index contributed by atoms with van der Waals surface area (Å²) in [4.78, 5) is 31.2. The maximum atomic E-state index is 12.1. The Hall–Kier alpha value is -1.46. The molecule has 142 valence electrons. The van der Waals surface area contributed by atoms with E-state index < -0.39 is 12.1 Å². The molecule has 2 bridgehead atoms. The van der Waals surface area contributed by atoms with E-state index in [1.54, 1.807) is 0 Å². The molecular weight excluding hydrogens is 439 g/mol. The molecule has 2 N–H and O–H groups in total. The predicted molar refractivity (Wildman–Crippen MR) is 93.3 cm³/mol. The second kappa shape index (κ2) is 7.28. The summed E-state index contributed by atoms with van der Waals surface area (Å²) in [5, 5.41) is 7.12. The van der Waals surface area contributed by atoms with Gasteiger partial charge >= 0.3 is 12.1 Å². The number of halogens is 4. The van der Waals surface area contributed by atoms with E-state index >= 15 is 0 Å². The number of carboxylic acid groups (broad SMARTS) is 1. The number of H-pyrrole nitrogens is 1. The Morgan fingerprint density at radius 2 is 2.00 bits per heavy atom. The minimum atomic E-state index is -5.08. The lowest BCUT2D eigenvalue weighted by Crippen LogP contribution is -2.44. The molecule has 0 radical (unpaired) electrons. The lowest BCUT2D eigenvalue weighted by atomic mass is 9.83. The van der Waals surface area contributed by atoms with Crippen LogP contribution in [0.2, 0.25) is 0 Å². The molecule has 2 aromatic rings. The molecule has 5 rings (SSSR count). The number of nitrogens with zero attached hydrogens (tertiary/aromatic N) is 2. The average Bonchev–Trinajstić information content (AvgIpc) is 2.96. The number of piperidine rings is 3. The molecule has 26 heavy (non-hydrogen) atoms. The quantitative estimate of drug-likeness (QED) is 0.689. The first kappa shape index (κ1) is 19.3. The summed E-state index contributed by atoms with van der Waals surface area (Å²) in [6.07, 6.45) is -1.35. The fourth-order valence-electron chi connectivity index (χ4n) is 3.34. The SMILES string of the molecule is O=C(O)C(F)(F)F.O=c1[nH]c([C@@H]2CC3CCN2CC3)nc2cc(Br)sc12. The van der Waals surface area contributed by atoms with Crippen LogP contribution in [0.3, 0.4) is 0 Å². The van der Waals surface area contributed by atoms with E-state index in [-0.39, 0.29) is 5.56 Å². The summed E-state index contributed by atoms with van der Waals surface area (Å²) in [5.74, 6) is -1.09. The molecule has 3 aliphatic heterocycles. The number of alkyl halides is 3. The molecule has 0 amide bonds. The lowest BCUT2D eigenvalue weighted by molar-refractivity contribution is -0.192. The van der Waals surface area contributed by atoms with Crippen LogP contribution in [0.15, 0.2) is 14.6 Å². The molecular formula is C15H15BrF3N3O3S. The van der Waals surface area contributed by atoms with Crippen LogP contribution in [-0.2, 0) is 4.79 Å². The second-order valence-electron chi connectivity index (χ2n) is 6.25. The first-order valence-corrected chi connectivity index (χ1v) is 9.49. The van der Waals surface area contributed by atoms with Crippen molar-refractivity contribution in [2.75, 3.05) is 13.1 Å². The fourth-order valence-corrected chi connectivity index (χ4v) is 4.76. The normalized spacial score (nSPS) is 25.0. The van der Waals surface area contributed by atoms with Crippen LogP contribution in [-0.4, -0.2) is 45.2 Å². The lowest BCUT2D eigenvalue weighted by Gasteiger charge is -2.44. The van der Waals surface area contributed by atoms with Gasteiger partial charge in [-0.3, -0.25) is 9.69 Å². The van der Waals surface area contributed by atoms with Crippen molar-refractivity contribution in [2.24, 2.45) is 5.92 Å². The van der Waals surface area contributed by atoms with Gasteiger partial charge in [0.1, 0.15) is 10.5 Å². The van der Waals surface area contributed by atoms with E-state index in [9.17, 15) is 18.0 Å². The van der Waals surface area contributed by atoms with Crippen molar-refractivity contribution >= 4 is 43.5 Å². The maximum absolute atomic E-state index is 12.1. The number of hydrogen-bond acceptors (Lipinski definition) is 5. The molecule has 6 nitrogen and oxygen atoms in total. The van der Waals surface area contributed by atoms with Crippen molar-refractivity contribution in [2.45, 2.75) is 31.5 Å². The number of aromatic nitrogens is 2. The number of carbonyl (C=O) groups is 1. The summed E-state index contributed by atoms with van der Waals surface area (Å²) in [6.45, 7) is 2.29. The summed E-state index contributed by atoms with van der Waals surface area (Å²) in [5.41, 5.74) is 0.816. The van der Waals surface area contributed by atoms with Gasteiger partial charge < -0.3 is 10.1 Å². The molecule has 1 atom stereocenters. The Labute approximate surface area is 158 Å². The molecule has 3 saturated heterocycles. The predicted octanol–water partition coefficient (Wildman–Crippen LogP) is 3.54. The van der Waals surface area contributed by atoms with Gasteiger partial charge in [0.25, 0.3) is 5.56 Å². The first-order valence-electron chi connectivity index (χ1n) is 7.88. The van der Waals surface area contributed by atoms with Crippen molar-refractivity contribution in [1.29, 1.82) is 0 Å². The van der Waals surface area contributed by atoms with Gasteiger partial charge in [0, 0.05) is 0 Å². The second-order valence-corrected chi connectivity index (χ2v) is 8.68. The minimum Gasteiger partial charge on any atom is -0.475 e. The first-order chi connectivity index (χ1) is 12.1. The van der Waals surface area contributed by atoms with E-state index in [0.717, 1.165) is 40.6 Å². The average molecular weight is 454 g/mol. The Kier molecular flexibility index (Phi) is 5.40. The number of rotatable bonds is 1. The monoisotopic (exact) mass is 453 g/mol. The smallest absolute Gasteiger partial charge is 0.475 e. The zero-order valence-electron chi connectivity index (χ0n) is 13.3. The maximum Gasteiger partial charge on any atom is 0.490 e. The molecule has 0 aliphatic carbocycles. The fraction of sp³-hybridized carbons (Fsp3) is 0.533. The van der Waals surface area contributed by atoms with E-state index in [1.807, 2.05) is 6.07 Å². The van der Waals surface area contributed by atoms with Gasteiger partial charge in [0.2, 0.25) is 0 Å². The van der Waals surface area contributed by atoms with Crippen LogP contribution in [0.4, 0.5) is 13.2 Å². The van der Waals surface area contributed by atoms with Crippen LogP contribution >= 0.6 is 27.3 Å². The molecule has 0 unspecified atom stereocenters. The molecule has 2 aromatic heterocycles. The van der Waals surface area contributed by atoms with Crippen molar-refractivity contribution in [3.05, 3.63) is 26.0 Å². The molecule has 5 heterocycles. The largest absolute Gasteiger partial charge is 0.490 e. The summed E-state index contributed by atoms with van der Waals surface area (Å²) in [6, 6.07) is 2.25. The minimum absolute atomic E-state index is 0.00153. The zero-order valence-corrected chi connectivity index (χ0v) is 15.7. The van der Waals surface area contributed by atoms with E-state index in [2.05, 4.69) is 30.8 Å². The summed E-state index contributed by atoms with van der Waals surface area (Å²) in [7, 11) is 0. The van der Waals surface area contributed by atoms with Gasteiger partial charge in [-0.1, -0.05) is 0 Å². The van der Waals surface area contributed by atoms with E-state index in [1.165, 1.54) is 24.2 Å². The van der Waals surface area contributed by atoms with Gasteiger partial charge in [0.15, 0.2) is 0 Å². The van der Waals surface area contributed by atoms with Crippen molar-refractivity contribution in [3.8, 4) is 0 Å². The third kappa shape index (κ3) is 4.09. The van der Waals surface area contributed by atoms with E-state index in [0.29, 0.717) is 10.7 Å². The molecule has 3 aliphatic rings. The Morgan fingerprint density at radius 1 is 1.38 bits per heavy atom. The van der Waals surface area contributed by atoms with Crippen molar-refractivity contribution in [3.63, 3.8) is 0 Å². The van der Waals surface area contributed by atoms with Crippen LogP contribution in [0.1, 0.15) is 31.1 Å². The van der Waals surface area contributed by atoms with Crippen LogP contribution < -0.4 is 5.56 Å². The van der Waals surface area contributed by atoms with Crippen molar-refractivity contribution in [1.82, 2.24) is 14.9 Å². The molecule has 11 heteroatoms. The van der Waals surface area contributed by atoms with Gasteiger partial charge in [-0.2, -0.15) is 13.2 Å². The van der Waals surface area contributed by atoms with E-state index in [4.69, 9.17) is 9.90 Å². The number of thiophene rings is 1.